The van der Waals surface area contributed by atoms with Crippen LogP contribution in [0.5, 0.6) is 0 Å². The summed E-state index contributed by atoms with van der Waals surface area (Å²) in [4.78, 5) is 12.0. The van der Waals surface area contributed by atoms with Crippen LogP contribution in [0.4, 0.5) is 4.39 Å². The minimum Gasteiger partial charge on any atom is -0.348 e. The molecule has 3 nitrogen and oxygen atoms in total. The zero-order valence-corrected chi connectivity index (χ0v) is 11.9. The molecular formula is C15H10BrFN2O. The molecule has 0 saturated heterocycles. The molecule has 5 heteroatoms. The quantitative estimate of drug-likeness (QED) is 0.936. The smallest absolute Gasteiger partial charge is 0.255 e. The van der Waals surface area contributed by atoms with Crippen molar-refractivity contribution < 1.29 is 9.18 Å². The molecule has 0 unspecified atom stereocenters. The van der Waals surface area contributed by atoms with E-state index in [0.717, 1.165) is 5.56 Å². The van der Waals surface area contributed by atoms with Crippen molar-refractivity contribution >= 4 is 21.8 Å². The molecule has 2 rings (SSSR count). The van der Waals surface area contributed by atoms with Gasteiger partial charge in [0.25, 0.3) is 5.91 Å². The summed E-state index contributed by atoms with van der Waals surface area (Å²) < 4.78 is 14.0. The van der Waals surface area contributed by atoms with Crippen molar-refractivity contribution in [2.75, 3.05) is 0 Å². The number of nitrogens with zero attached hydrogens (tertiary/aromatic N) is 1. The maximum absolute atomic E-state index is 13.6. The molecule has 0 aromatic heterocycles. The lowest BCUT2D eigenvalue weighted by Gasteiger charge is -2.08. The predicted molar refractivity (Wildman–Crippen MR) is 76.4 cm³/mol. The second-order valence-corrected chi connectivity index (χ2v) is 4.95. The summed E-state index contributed by atoms with van der Waals surface area (Å²) in [7, 11) is 0. The maximum Gasteiger partial charge on any atom is 0.255 e. The fourth-order valence-corrected chi connectivity index (χ4v) is 2.26. The van der Waals surface area contributed by atoms with E-state index in [2.05, 4.69) is 21.2 Å². The Balaban J connectivity index is 2.11. The third-order valence-corrected chi connectivity index (χ3v) is 3.36. The molecule has 1 amide bonds. The highest BCUT2D eigenvalue weighted by Crippen LogP contribution is 2.19. The second kappa shape index (κ2) is 6.31. The van der Waals surface area contributed by atoms with Crippen molar-refractivity contribution in [3.05, 3.63) is 69.4 Å². The summed E-state index contributed by atoms with van der Waals surface area (Å²) >= 11 is 3.15. The van der Waals surface area contributed by atoms with Gasteiger partial charge in [-0.3, -0.25) is 4.79 Å². The van der Waals surface area contributed by atoms with Gasteiger partial charge in [-0.2, -0.15) is 5.26 Å². The zero-order chi connectivity index (χ0) is 14.5. The standard InChI is InChI=1S/C15H10BrFN2O/c16-12-5-2-6-13(17)14(12)15(20)19-9-11-4-1-3-10(7-11)8-18/h1-7H,9H2,(H,19,20). The first kappa shape index (κ1) is 14.2. The summed E-state index contributed by atoms with van der Waals surface area (Å²) in [5, 5.41) is 11.4. The number of hydrogen-bond acceptors (Lipinski definition) is 2. The largest absolute Gasteiger partial charge is 0.348 e. The summed E-state index contributed by atoms with van der Waals surface area (Å²) in [5.74, 6) is -1.08. The van der Waals surface area contributed by atoms with Crippen LogP contribution in [0, 0.1) is 17.1 Å². The normalized spacial score (nSPS) is 9.85. The Kier molecular flexibility index (Phi) is 4.49. The molecule has 0 radical (unpaired) electrons. The fraction of sp³-hybridized carbons (Fsp3) is 0.0667. The molecule has 0 fully saturated rings. The number of halogens is 2. The molecule has 20 heavy (non-hydrogen) atoms. The van der Waals surface area contributed by atoms with E-state index < -0.39 is 11.7 Å². The van der Waals surface area contributed by atoms with Crippen LogP contribution in [0.1, 0.15) is 21.5 Å². The van der Waals surface area contributed by atoms with Crippen molar-refractivity contribution in [3.63, 3.8) is 0 Å². The van der Waals surface area contributed by atoms with Gasteiger partial charge in [-0.25, -0.2) is 4.39 Å². The minimum atomic E-state index is -0.581. The molecule has 0 spiro atoms. The van der Waals surface area contributed by atoms with Crippen molar-refractivity contribution in [1.29, 1.82) is 5.26 Å². The van der Waals surface area contributed by atoms with Crippen LogP contribution in [0.25, 0.3) is 0 Å². The number of carbonyl (C=O) groups excluding carboxylic acids is 1. The van der Waals surface area contributed by atoms with E-state index in [-0.39, 0.29) is 12.1 Å². The molecule has 0 heterocycles. The second-order valence-electron chi connectivity index (χ2n) is 4.09. The van der Waals surface area contributed by atoms with Crippen LogP contribution in [-0.4, -0.2) is 5.91 Å². The van der Waals surface area contributed by atoms with E-state index >= 15 is 0 Å². The van der Waals surface area contributed by atoms with E-state index in [1.165, 1.54) is 12.1 Å². The third kappa shape index (κ3) is 3.22. The molecule has 2 aromatic carbocycles. The summed E-state index contributed by atoms with van der Waals surface area (Å²) in [6, 6.07) is 13.3. The Morgan fingerprint density at radius 1 is 1.30 bits per heavy atom. The highest BCUT2D eigenvalue weighted by molar-refractivity contribution is 9.10. The predicted octanol–water partition coefficient (Wildman–Crippen LogP) is 3.39. The summed E-state index contributed by atoms with van der Waals surface area (Å²) in [6.45, 7) is 0.231. The number of nitriles is 1. The first-order chi connectivity index (χ1) is 9.61. The minimum absolute atomic E-state index is 0.0241. The first-order valence-electron chi connectivity index (χ1n) is 5.83. The molecule has 0 aliphatic heterocycles. The van der Waals surface area contributed by atoms with E-state index in [9.17, 15) is 9.18 Å². The van der Waals surface area contributed by atoms with Gasteiger partial charge >= 0.3 is 0 Å². The monoisotopic (exact) mass is 332 g/mol. The fourth-order valence-electron chi connectivity index (χ4n) is 1.74. The van der Waals surface area contributed by atoms with Crippen LogP contribution in [0.2, 0.25) is 0 Å². The third-order valence-electron chi connectivity index (χ3n) is 2.70. The molecular weight excluding hydrogens is 323 g/mol. The molecule has 100 valence electrons. The number of rotatable bonds is 3. The van der Waals surface area contributed by atoms with Crippen LogP contribution in [0.3, 0.4) is 0 Å². The molecule has 0 bridgehead atoms. The van der Waals surface area contributed by atoms with Gasteiger partial charge < -0.3 is 5.32 Å². The Hall–Kier alpha value is -2.19. The molecule has 0 atom stereocenters. The van der Waals surface area contributed by atoms with Gasteiger partial charge in [0.05, 0.1) is 17.2 Å². The maximum atomic E-state index is 13.6. The van der Waals surface area contributed by atoms with Crippen molar-refractivity contribution in [2.24, 2.45) is 0 Å². The van der Waals surface area contributed by atoms with Gasteiger partial charge in [-0.15, -0.1) is 0 Å². The number of amides is 1. The number of hydrogen-bond donors (Lipinski definition) is 1. The van der Waals surface area contributed by atoms with Crippen molar-refractivity contribution in [1.82, 2.24) is 5.32 Å². The summed E-state index contributed by atoms with van der Waals surface area (Å²) in [6.07, 6.45) is 0. The number of benzene rings is 2. The molecule has 0 aliphatic carbocycles. The van der Waals surface area contributed by atoms with Gasteiger partial charge in [0.2, 0.25) is 0 Å². The molecule has 0 saturated carbocycles. The van der Waals surface area contributed by atoms with E-state index in [0.29, 0.717) is 10.0 Å². The van der Waals surface area contributed by atoms with Crippen LogP contribution < -0.4 is 5.32 Å². The van der Waals surface area contributed by atoms with Crippen molar-refractivity contribution in [2.45, 2.75) is 6.54 Å². The van der Waals surface area contributed by atoms with E-state index in [4.69, 9.17) is 5.26 Å². The van der Waals surface area contributed by atoms with Crippen molar-refractivity contribution in [3.8, 4) is 6.07 Å². The molecule has 1 N–H and O–H groups in total. The van der Waals surface area contributed by atoms with Gasteiger partial charge in [-0.1, -0.05) is 18.2 Å². The van der Waals surface area contributed by atoms with Crippen LogP contribution >= 0.6 is 15.9 Å². The van der Waals surface area contributed by atoms with Gasteiger partial charge in [0.15, 0.2) is 0 Å². The summed E-state index contributed by atoms with van der Waals surface area (Å²) in [5.41, 5.74) is 1.28. The average Bonchev–Trinajstić information content (AvgIpc) is 2.45. The van der Waals surface area contributed by atoms with Crippen LogP contribution in [0.15, 0.2) is 46.9 Å². The van der Waals surface area contributed by atoms with E-state index in [1.54, 1.807) is 30.3 Å². The van der Waals surface area contributed by atoms with E-state index in [1.807, 2.05) is 6.07 Å². The Morgan fingerprint density at radius 3 is 2.75 bits per heavy atom. The van der Waals surface area contributed by atoms with Gasteiger partial charge in [0, 0.05) is 11.0 Å². The zero-order valence-electron chi connectivity index (χ0n) is 10.4. The number of nitrogens with one attached hydrogen (secondary N) is 1. The molecule has 2 aromatic rings. The number of carbonyl (C=O) groups is 1. The lowest BCUT2D eigenvalue weighted by molar-refractivity contribution is 0.0946. The Labute approximate surface area is 124 Å². The van der Waals surface area contributed by atoms with Crippen LogP contribution in [-0.2, 0) is 6.54 Å². The highest BCUT2D eigenvalue weighted by atomic mass is 79.9. The topological polar surface area (TPSA) is 52.9 Å². The Morgan fingerprint density at radius 2 is 2.05 bits per heavy atom. The average molecular weight is 333 g/mol. The first-order valence-corrected chi connectivity index (χ1v) is 6.62. The molecule has 0 aliphatic rings. The Bertz CT molecular complexity index is 674. The lowest BCUT2D eigenvalue weighted by Crippen LogP contribution is -2.24. The van der Waals surface area contributed by atoms with Gasteiger partial charge in [0.1, 0.15) is 5.82 Å². The SMILES string of the molecule is N#Cc1cccc(CNC(=O)c2c(F)cccc2Br)c1. The highest BCUT2D eigenvalue weighted by Gasteiger charge is 2.14. The van der Waals surface area contributed by atoms with Gasteiger partial charge in [-0.05, 0) is 45.8 Å². The lowest BCUT2D eigenvalue weighted by atomic mass is 10.1.